The molecule has 3 unspecified atom stereocenters. The monoisotopic (exact) mass is 723 g/mol. The van der Waals surface area contributed by atoms with E-state index in [1.54, 1.807) is 6.92 Å². The molecule has 12 nitrogen and oxygen atoms in total. The van der Waals surface area contributed by atoms with E-state index in [4.69, 9.17) is 18.3 Å². The number of benzene rings is 2. The van der Waals surface area contributed by atoms with E-state index < -0.39 is 48.6 Å². The van der Waals surface area contributed by atoms with Crippen molar-refractivity contribution >= 4 is 7.82 Å². The van der Waals surface area contributed by atoms with Crippen molar-refractivity contribution < 1.29 is 22.9 Å². The fourth-order valence-corrected chi connectivity index (χ4v) is 9.49. The van der Waals surface area contributed by atoms with Crippen molar-refractivity contribution in [3.05, 3.63) is 110 Å². The molecule has 1 aliphatic rings. The summed E-state index contributed by atoms with van der Waals surface area (Å²) in [5.74, 6) is 0. The molecule has 3 atom stereocenters. The predicted molar refractivity (Wildman–Crippen MR) is 200 cm³/mol. The molecule has 0 saturated carbocycles. The molecule has 1 fully saturated rings. The maximum Gasteiger partial charge on any atom is 0.476 e. The molecule has 0 spiro atoms. The number of aryl methyl sites for hydroxylation is 1. The van der Waals surface area contributed by atoms with Gasteiger partial charge in [-0.05, 0) is 176 Å². The average Bonchev–Trinajstić information content (AvgIpc) is 3.43. The summed E-state index contributed by atoms with van der Waals surface area (Å²) in [5.41, 5.74) is 19.0. The SMILES string of the molecule is Cc1c(C)c(C)c(C(C)(C)OP(=O)(OCC2OC(n3cc(C)c(=O)[nH]c3=O)CC2N=[N+]=[N-])OC(C)(C)c2c(C)c(C)c(C)c(C)c2C)c(C)c1C. The molecule has 2 heterocycles. The second-order valence-electron chi connectivity index (χ2n) is 15.1. The largest absolute Gasteiger partial charge is 0.476 e. The molecule has 0 bridgehead atoms. The molecule has 1 N–H and O–H groups in total. The average molecular weight is 724 g/mol. The number of phosphoric acid groups is 1. The summed E-state index contributed by atoms with van der Waals surface area (Å²) in [7, 11) is -4.50. The summed E-state index contributed by atoms with van der Waals surface area (Å²) >= 11 is 0. The molecule has 13 heteroatoms. The minimum Gasteiger partial charge on any atom is -0.352 e. The predicted octanol–water partition coefficient (Wildman–Crippen LogP) is 8.92. The van der Waals surface area contributed by atoms with Crippen molar-refractivity contribution in [3.63, 3.8) is 0 Å². The number of aromatic amines is 1. The van der Waals surface area contributed by atoms with E-state index in [0.29, 0.717) is 5.56 Å². The summed E-state index contributed by atoms with van der Waals surface area (Å²) in [5, 5.41) is 3.91. The third kappa shape index (κ3) is 7.68. The maximum absolute atomic E-state index is 15.3. The van der Waals surface area contributed by atoms with E-state index in [9.17, 15) is 15.1 Å². The third-order valence-electron chi connectivity index (χ3n) is 11.1. The van der Waals surface area contributed by atoms with Gasteiger partial charge in [0.25, 0.3) is 5.56 Å². The summed E-state index contributed by atoms with van der Waals surface area (Å²) in [6.07, 6.45) is -0.278. The quantitative estimate of drug-likeness (QED) is 0.0895. The van der Waals surface area contributed by atoms with Crippen LogP contribution in [0, 0.1) is 76.2 Å². The normalized spacial score (nSPS) is 18.3. The van der Waals surface area contributed by atoms with Crippen LogP contribution in [0.3, 0.4) is 0 Å². The Balaban J connectivity index is 1.80. The van der Waals surface area contributed by atoms with Crippen molar-refractivity contribution in [2.24, 2.45) is 5.11 Å². The lowest BCUT2D eigenvalue weighted by atomic mass is 9.82. The summed E-state index contributed by atoms with van der Waals surface area (Å²) in [6, 6.07) is -0.785. The highest BCUT2D eigenvalue weighted by atomic mass is 31.2. The van der Waals surface area contributed by atoms with Gasteiger partial charge in [0.1, 0.15) is 6.23 Å². The first-order valence-corrected chi connectivity index (χ1v) is 18.8. The number of azide groups is 1. The fraction of sp³-hybridized carbons (Fsp3) is 0.579. The van der Waals surface area contributed by atoms with Crippen LogP contribution in [0.1, 0.15) is 113 Å². The Morgan fingerprint density at radius 2 is 1.22 bits per heavy atom. The van der Waals surface area contributed by atoms with Crippen LogP contribution in [0.25, 0.3) is 10.4 Å². The van der Waals surface area contributed by atoms with Crippen LogP contribution in [0.2, 0.25) is 0 Å². The highest BCUT2D eigenvalue weighted by molar-refractivity contribution is 7.48. The molecular formula is C38H54N5O7P. The molecule has 2 aromatic carbocycles. The topological polar surface area (TPSA) is 158 Å². The van der Waals surface area contributed by atoms with E-state index in [-0.39, 0.29) is 13.0 Å². The summed E-state index contributed by atoms with van der Waals surface area (Å²) in [4.78, 5) is 30.0. The van der Waals surface area contributed by atoms with Gasteiger partial charge < -0.3 is 4.74 Å². The van der Waals surface area contributed by atoms with Crippen LogP contribution < -0.4 is 11.2 Å². The number of hydrogen-bond acceptors (Lipinski definition) is 8. The van der Waals surface area contributed by atoms with Gasteiger partial charge in [-0.25, -0.2) is 9.36 Å². The Labute approximate surface area is 301 Å². The Morgan fingerprint density at radius 1 is 0.804 bits per heavy atom. The fourth-order valence-electron chi connectivity index (χ4n) is 7.72. The first-order chi connectivity index (χ1) is 23.5. The first-order valence-electron chi connectivity index (χ1n) is 17.3. The number of hydrogen-bond donors (Lipinski definition) is 1. The van der Waals surface area contributed by atoms with Gasteiger partial charge in [0.15, 0.2) is 0 Å². The van der Waals surface area contributed by atoms with Gasteiger partial charge in [-0.15, -0.1) is 0 Å². The summed E-state index contributed by atoms with van der Waals surface area (Å²) in [6.45, 7) is 29.3. The molecule has 278 valence electrons. The molecule has 3 aromatic rings. The third-order valence-corrected chi connectivity index (χ3v) is 13.0. The standard InChI is InChI=1S/C38H54N5O7P/c1-19-17-43(36(45)40-35(19)44)32-16-30(41-42-39)31(48-32)18-47-51(46,49-37(12,13)33-26(8)22(4)20(2)23(5)27(33)9)50-38(14,15)34-28(10)24(6)21(3)25(7)29(34)11/h17,30-32H,16,18H2,1-15H3,(H,40,44,45). The number of nitrogens with zero attached hydrogens (tertiary/aromatic N) is 4. The van der Waals surface area contributed by atoms with Crippen LogP contribution in [-0.4, -0.2) is 28.3 Å². The van der Waals surface area contributed by atoms with E-state index in [1.165, 1.54) is 21.9 Å². The smallest absolute Gasteiger partial charge is 0.352 e. The number of ether oxygens (including phenoxy) is 1. The van der Waals surface area contributed by atoms with Crippen LogP contribution in [-0.2, 0) is 34.1 Å². The van der Waals surface area contributed by atoms with Crippen LogP contribution in [0.5, 0.6) is 0 Å². The van der Waals surface area contributed by atoms with Gasteiger partial charge in [0, 0.05) is 23.1 Å². The Hall–Kier alpha value is -3.50. The molecule has 1 aromatic heterocycles. The molecule has 51 heavy (non-hydrogen) atoms. The molecule has 0 aliphatic carbocycles. The number of rotatable bonds is 11. The van der Waals surface area contributed by atoms with Gasteiger partial charge >= 0.3 is 13.5 Å². The van der Waals surface area contributed by atoms with Gasteiger partial charge in [-0.1, -0.05) is 5.11 Å². The number of nitrogens with one attached hydrogen (secondary N) is 1. The Kier molecular flexibility index (Phi) is 11.4. The van der Waals surface area contributed by atoms with Gasteiger partial charge in [0.05, 0.1) is 30.0 Å². The Morgan fingerprint density at radius 3 is 1.63 bits per heavy atom. The lowest BCUT2D eigenvalue weighted by Crippen LogP contribution is -2.33. The lowest BCUT2D eigenvalue weighted by Gasteiger charge is -2.38. The van der Waals surface area contributed by atoms with Crippen molar-refractivity contribution in [1.82, 2.24) is 9.55 Å². The van der Waals surface area contributed by atoms with Crippen molar-refractivity contribution in [3.8, 4) is 0 Å². The van der Waals surface area contributed by atoms with E-state index >= 15 is 4.57 Å². The van der Waals surface area contributed by atoms with Gasteiger partial charge in [-0.3, -0.25) is 27.9 Å². The first kappa shape index (κ1) is 40.3. The number of H-pyrrole nitrogens is 1. The highest BCUT2D eigenvalue weighted by Gasteiger charge is 2.46. The van der Waals surface area contributed by atoms with Crippen LogP contribution in [0.4, 0.5) is 0 Å². The molecular weight excluding hydrogens is 669 g/mol. The van der Waals surface area contributed by atoms with Crippen molar-refractivity contribution in [2.75, 3.05) is 6.61 Å². The zero-order chi connectivity index (χ0) is 38.5. The molecule has 1 saturated heterocycles. The minimum absolute atomic E-state index is 0.118. The van der Waals surface area contributed by atoms with E-state index in [1.807, 2.05) is 55.4 Å². The molecule has 0 radical (unpaired) electrons. The van der Waals surface area contributed by atoms with Crippen molar-refractivity contribution in [1.29, 1.82) is 0 Å². The Bertz CT molecular complexity index is 1950. The van der Waals surface area contributed by atoms with E-state index in [2.05, 4.69) is 56.6 Å². The highest BCUT2D eigenvalue weighted by Crippen LogP contribution is 2.60. The zero-order valence-electron chi connectivity index (χ0n) is 32.8. The number of aromatic nitrogens is 2. The molecule has 4 rings (SSSR count). The second-order valence-corrected chi connectivity index (χ2v) is 16.6. The minimum atomic E-state index is -4.50. The van der Waals surface area contributed by atoms with Gasteiger partial charge in [-0.2, -0.15) is 0 Å². The van der Waals surface area contributed by atoms with Crippen molar-refractivity contribution in [2.45, 2.75) is 140 Å². The van der Waals surface area contributed by atoms with Gasteiger partial charge in [0.2, 0.25) is 0 Å². The molecule has 1 aliphatic heterocycles. The summed E-state index contributed by atoms with van der Waals surface area (Å²) < 4.78 is 42.2. The number of phosphoric ester groups is 1. The second kappa shape index (κ2) is 14.5. The van der Waals surface area contributed by atoms with E-state index in [0.717, 1.165) is 55.6 Å². The maximum atomic E-state index is 15.3. The van der Waals surface area contributed by atoms with Crippen LogP contribution >= 0.6 is 7.82 Å². The molecule has 0 amide bonds. The zero-order valence-corrected chi connectivity index (χ0v) is 33.7. The lowest BCUT2D eigenvalue weighted by molar-refractivity contribution is -0.0513. The van der Waals surface area contributed by atoms with Crippen LogP contribution in [0.15, 0.2) is 20.9 Å².